The SMILES string of the molecule is Cc1cc(C)c(C)c([O][Zr][O]c2cc(C)cc(C)c2C)c1. The molecule has 0 amide bonds. The monoisotopic (exact) mass is 360 g/mol. The Bertz CT molecular complexity index is 605. The maximum absolute atomic E-state index is 5.98. The molecule has 2 aromatic rings. The van der Waals surface area contributed by atoms with Gasteiger partial charge in [-0.2, -0.15) is 0 Å². The summed E-state index contributed by atoms with van der Waals surface area (Å²) >= 11 is -1.39. The summed E-state index contributed by atoms with van der Waals surface area (Å²) in [7, 11) is 0. The molecule has 0 radical (unpaired) electrons. The number of aryl methyl sites for hydroxylation is 4. The Morgan fingerprint density at radius 3 is 1.38 bits per heavy atom. The van der Waals surface area contributed by atoms with Crippen LogP contribution in [0.3, 0.4) is 0 Å². The second-order valence-electron chi connectivity index (χ2n) is 5.70. The first-order valence-corrected chi connectivity index (χ1v) is 9.13. The normalized spacial score (nSPS) is 10.4. The van der Waals surface area contributed by atoms with Crippen molar-refractivity contribution in [3.63, 3.8) is 0 Å². The Labute approximate surface area is 140 Å². The Morgan fingerprint density at radius 2 is 1.00 bits per heavy atom. The summed E-state index contributed by atoms with van der Waals surface area (Å²) < 4.78 is 12.0. The van der Waals surface area contributed by atoms with Crippen LogP contribution < -0.4 is 5.63 Å². The van der Waals surface area contributed by atoms with E-state index < -0.39 is 24.1 Å². The van der Waals surface area contributed by atoms with Crippen molar-refractivity contribution in [1.82, 2.24) is 0 Å². The molecule has 0 fully saturated rings. The Morgan fingerprint density at radius 1 is 0.619 bits per heavy atom. The van der Waals surface area contributed by atoms with Gasteiger partial charge in [0.05, 0.1) is 0 Å². The van der Waals surface area contributed by atoms with E-state index in [1.54, 1.807) is 0 Å². The standard InChI is InChI=1S/2C9H12O.Zr/c2*1-6-4-7(2)8(3)9(10)5-6;/h2*4-5,10H,1-3H3;/q;;+2/p-2. The zero-order valence-electron chi connectivity index (χ0n) is 13.6. The van der Waals surface area contributed by atoms with Gasteiger partial charge in [0.1, 0.15) is 0 Å². The first-order chi connectivity index (χ1) is 9.88. The predicted molar refractivity (Wildman–Crippen MR) is 82.6 cm³/mol. The van der Waals surface area contributed by atoms with Crippen LogP contribution in [0.2, 0.25) is 0 Å². The van der Waals surface area contributed by atoms with Gasteiger partial charge in [0.25, 0.3) is 0 Å². The van der Waals surface area contributed by atoms with Crippen molar-refractivity contribution in [2.24, 2.45) is 0 Å². The molecule has 2 nitrogen and oxygen atoms in total. The van der Waals surface area contributed by atoms with Crippen LogP contribution >= 0.6 is 0 Å². The average Bonchev–Trinajstić information content (AvgIpc) is 2.40. The fraction of sp³-hybridized carbons (Fsp3) is 0.333. The predicted octanol–water partition coefficient (Wildman–Crippen LogP) is 4.91. The average molecular weight is 362 g/mol. The van der Waals surface area contributed by atoms with Crippen LogP contribution in [-0.2, 0) is 24.1 Å². The first-order valence-electron chi connectivity index (χ1n) is 7.13. The topological polar surface area (TPSA) is 18.5 Å². The summed E-state index contributed by atoms with van der Waals surface area (Å²) in [6.07, 6.45) is 0. The minimum atomic E-state index is -1.39. The van der Waals surface area contributed by atoms with Crippen LogP contribution in [0.4, 0.5) is 0 Å². The summed E-state index contributed by atoms with van der Waals surface area (Å²) in [5.74, 6) is 1.95. The molecule has 0 bridgehead atoms. The van der Waals surface area contributed by atoms with Gasteiger partial charge < -0.3 is 0 Å². The van der Waals surface area contributed by atoms with Crippen molar-refractivity contribution in [2.45, 2.75) is 41.5 Å². The number of benzene rings is 2. The van der Waals surface area contributed by atoms with E-state index in [2.05, 4.69) is 65.8 Å². The molecule has 0 saturated carbocycles. The second-order valence-corrected chi connectivity index (χ2v) is 7.11. The molecule has 0 heterocycles. The summed E-state index contributed by atoms with van der Waals surface area (Å²) in [6.45, 7) is 12.6. The zero-order valence-corrected chi connectivity index (χ0v) is 16.1. The van der Waals surface area contributed by atoms with Gasteiger partial charge in [-0.1, -0.05) is 0 Å². The Balaban J connectivity index is 2.09. The Kier molecular flexibility index (Phi) is 5.27. The molecule has 0 aliphatic heterocycles. The minimum absolute atomic E-state index is 0.973. The van der Waals surface area contributed by atoms with Gasteiger partial charge in [-0.25, -0.2) is 0 Å². The van der Waals surface area contributed by atoms with Gasteiger partial charge >= 0.3 is 140 Å². The fourth-order valence-electron chi connectivity index (χ4n) is 2.32. The molecule has 2 rings (SSSR count). The summed E-state index contributed by atoms with van der Waals surface area (Å²) in [4.78, 5) is 0. The van der Waals surface area contributed by atoms with Crippen LogP contribution in [0.25, 0.3) is 0 Å². The van der Waals surface area contributed by atoms with Crippen LogP contribution in [-0.4, -0.2) is 0 Å². The van der Waals surface area contributed by atoms with Crippen LogP contribution in [0.1, 0.15) is 33.4 Å². The fourth-order valence-corrected chi connectivity index (χ4v) is 3.91. The van der Waals surface area contributed by atoms with Crippen LogP contribution in [0, 0.1) is 41.5 Å². The third kappa shape index (κ3) is 3.98. The molecule has 2 aromatic carbocycles. The number of rotatable bonds is 4. The van der Waals surface area contributed by atoms with E-state index in [0.29, 0.717) is 0 Å². The van der Waals surface area contributed by atoms with Crippen LogP contribution in [0.15, 0.2) is 24.3 Å². The Hall–Kier alpha value is -1.08. The van der Waals surface area contributed by atoms with E-state index in [4.69, 9.17) is 5.63 Å². The van der Waals surface area contributed by atoms with Crippen molar-refractivity contribution in [3.05, 3.63) is 57.6 Å². The maximum atomic E-state index is 5.98. The molecule has 0 atom stereocenters. The van der Waals surface area contributed by atoms with Gasteiger partial charge in [0.15, 0.2) is 0 Å². The van der Waals surface area contributed by atoms with E-state index in [-0.39, 0.29) is 0 Å². The zero-order chi connectivity index (χ0) is 15.6. The molecular weight excluding hydrogens is 339 g/mol. The molecule has 0 aliphatic rings. The first kappa shape index (κ1) is 16.3. The van der Waals surface area contributed by atoms with Crippen molar-refractivity contribution in [2.75, 3.05) is 0 Å². The van der Waals surface area contributed by atoms with Gasteiger partial charge in [-0.3, -0.25) is 0 Å². The molecule has 0 saturated heterocycles. The molecule has 3 heteroatoms. The quantitative estimate of drug-likeness (QED) is 0.770. The number of hydrogen-bond acceptors (Lipinski definition) is 2. The van der Waals surface area contributed by atoms with Gasteiger partial charge in [-0.15, -0.1) is 0 Å². The molecule has 0 aromatic heterocycles. The van der Waals surface area contributed by atoms with Gasteiger partial charge in [0, 0.05) is 0 Å². The molecule has 0 aliphatic carbocycles. The molecule has 21 heavy (non-hydrogen) atoms. The van der Waals surface area contributed by atoms with Crippen molar-refractivity contribution < 1.29 is 29.7 Å². The van der Waals surface area contributed by atoms with E-state index >= 15 is 0 Å². The van der Waals surface area contributed by atoms with Crippen molar-refractivity contribution >= 4 is 0 Å². The van der Waals surface area contributed by atoms with Crippen molar-refractivity contribution in [3.8, 4) is 11.5 Å². The third-order valence-electron chi connectivity index (χ3n) is 3.83. The second kappa shape index (κ2) is 6.79. The summed E-state index contributed by atoms with van der Waals surface area (Å²) in [5, 5.41) is 0. The van der Waals surface area contributed by atoms with Gasteiger partial charge in [0.2, 0.25) is 0 Å². The molecular formula is C18H22O2Zr. The third-order valence-corrected chi connectivity index (χ3v) is 5.32. The van der Waals surface area contributed by atoms with E-state index in [1.165, 1.54) is 33.4 Å². The van der Waals surface area contributed by atoms with Crippen molar-refractivity contribution in [1.29, 1.82) is 0 Å². The van der Waals surface area contributed by atoms with E-state index in [9.17, 15) is 0 Å². The van der Waals surface area contributed by atoms with E-state index in [1.807, 2.05) is 0 Å². The molecule has 0 unspecified atom stereocenters. The molecule has 0 N–H and O–H groups in total. The van der Waals surface area contributed by atoms with E-state index in [0.717, 1.165) is 11.5 Å². The summed E-state index contributed by atoms with van der Waals surface area (Å²) in [6, 6.07) is 8.56. The molecule has 0 spiro atoms. The van der Waals surface area contributed by atoms with Crippen LogP contribution in [0.5, 0.6) is 11.5 Å². The summed E-state index contributed by atoms with van der Waals surface area (Å²) in [5.41, 5.74) is 7.42. The van der Waals surface area contributed by atoms with Gasteiger partial charge in [-0.05, 0) is 0 Å². The number of hydrogen-bond donors (Lipinski definition) is 0. The molecule has 110 valence electrons.